The van der Waals surface area contributed by atoms with Crippen LogP contribution in [0.1, 0.15) is 46.0 Å². The van der Waals surface area contributed by atoms with E-state index in [4.69, 9.17) is 10.1 Å². The van der Waals surface area contributed by atoms with Crippen LogP contribution in [0.2, 0.25) is 0 Å². The van der Waals surface area contributed by atoms with E-state index in [1.807, 2.05) is 6.07 Å². The fourth-order valence-corrected chi connectivity index (χ4v) is 2.67. The third-order valence-electron chi connectivity index (χ3n) is 4.06. The van der Waals surface area contributed by atoms with Gasteiger partial charge >= 0.3 is 0 Å². The molecule has 1 heterocycles. The van der Waals surface area contributed by atoms with Gasteiger partial charge in [0.1, 0.15) is 5.82 Å². The van der Waals surface area contributed by atoms with Crippen molar-refractivity contribution in [3.05, 3.63) is 30.1 Å². The van der Waals surface area contributed by atoms with Crippen molar-refractivity contribution < 1.29 is 5.11 Å². The van der Waals surface area contributed by atoms with Gasteiger partial charge in [0.2, 0.25) is 0 Å². The smallest absolute Gasteiger partial charge is 0.126 e. The molecule has 1 unspecified atom stereocenters. The van der Waals surface area contributed by atoms with Gasteiger partial charge in [-0.25, -0.2) is 4.98 Å². The van der Waals surface area contributed by atoms with Gasteiger partial charge < -0.3 is 15.0 Å². The molecule has 21 heavy (non-hydrogen) atoms. The molecule has 0 aliphatic rings. The van der Waals surface area contributed by atoms with Crippen LogP contribution in [0, 0.1) is 5.41 Å². The molecular formula is C17H27N3O. The van der Waals surface area contributed by atoms with Gasteiger partial charge in [0.25, 0.3) is 0 Å². The first kappa shape index (κ1) is 16.0. The number of imidazole rings is 1. The van der Waals surface area contributed by atoms with Crippen molar-refractivity contribution in [1.29, 1.82) is 0 Å². The molecule has 2 aromatic rings. The zero-order valence-electron chi connectivity index (χ0n) is 13.6. The van der Waals surface area contributed by atoms with E-state index in [1.54, 1.807) is 0 Å². The molecule has 0 aliphatic carbocycles. The minimum Gasteiger partial charge on any atom is -0.396 e. The van der Waals surface area contributed by atoms with E-state index in [0.29, 0.717) is 0 Å². The second kappa shape index (κ2) is 6.58. The van der Waals surface area contributed by atoms with Crippen molar-refractivity contribution in [2.24, 2.45) is 5.41 Å². The van der Waals surface area contributed by atoms with E-state index in [-0.39, 0.29) is 18.1 Å². The fraction of sp³-hybridized carbons (Fsp3) is 0.588. The molecule has 4 heteroatoms. The van der Waals surface area contributed by atoms with Gasteiger partial charge in [-0.05, 0) is 37.8 Å². The summed E-state index contributed by atoms with van der Waals surface area (Å²) in [5.74, 6) is 1.08. The molecule has 1 aromatic heterocycles. The summed E-state index contributed by atoms with van der Waals surface area (Å²) in [7, 11) is 0. The Bertz CT molecular complexity index is 589. The van der Waals surface area contributed by atoms with E-state index in [9.17, 15) is 0 Å². The van der Waals surface area contributed by atoms with E-state index in [1.165, 1.54) is 5.52 Å². The highest BCUT2D eigenvalue weighted by Gasteiger charge is 2.20. The lowest BCUT2D eigenvalue weighted by Crippen LogP contribution is -2.33. The van der Waals surface area contributed by atoms with Gasteiger partial charge in [-0.2, -0.15) is 0 Å². The second-order valence-corrected chi connectivity index (χ2v) is 6.44. The quantitative estimate of drug-likeness (QED) is 0.823. The van der Waals surface area contributed by atoms with Crippen LogP contribution in [0.5, 0.6) is 0 Å². The van der Waals surface area contributed by atoms with Gasteiger partial charge in [0, 0.05) is 19.7 Å². The molecule has 0 fully saturated rings. The zero-order valence-corrected chi connectivity index (χ0v) is 13.6. The third kappa shape index (κ3) is 3.63. The lowest BCUT2D eigenvalue weighted by Gasteiger charge is -2.26. The van der Waals surface area contributed by atoms with Gasteiger partial charge in [-0.15, -0.1) is 0 Å². The second-order valence-electron chi connectivity index (χ2n) is 6.44. The number of aromatic nitrogens is 2. The third-order valence-corrected chi connectivity index (χ3v) is 4.06. The van der Waals surface area contributed by atoms with E-state index < -0.39 is 0 Å². The first-order valence-electron chi connectivity index (χ1n) is 7.78. The van der Waals surface area contributed by atoms with Gasteiger partial charge in [-0.1, -0.05) is 26.0 Å². The molecule has 0 aliphatic heterocycles. The number of fused-ring (bicyclic) bond motifs is 1. The molecule has 4 nitrogen and oxygen atoms in total. The lowest BCUT2D eigenvalue weighted by molar-refractivity contribution is 0.203. The normalized spacial score (nSPS) is 13.8. The Hall–Kier alpha value is -1.39. The molecule has 0 saturated heterocycles. The first-order valence-corrected chi connectivity index (χ1v) is 7.78. The maximum atomic E-state index is 9.12. The zero-order chi connectivity index (χ0) is 15.5. The van der Waals surface area contributed by atoms with Crippen molar-refractivity contribution >= 4 is 11.0 Å². The largest absolute Gasteiger partial charge is 0.396 e. The van der Waals surface area contributed by atoms with E-state index in [2.05, 4.69) is 55.8 Å². The van der Waals surface area contributed by atoms with Crippen LogP contribution in [-0.4, -0.2) is 27.8 Å². The maximum Gasteiger partial charge on any atom is 0.126 e. The van der Waals surface area contributed by atoms with Crippen molar-refractivity contribution in [3.63, 3.8) is 0 Å². The molecule has 1 aromatic carbocycles. The number of para-hydroxylation sites is 2. The van der Waals surface area contributed by atoms with Crippen molar-refractivity contribution in [3.8, 4) is 0 Å². The average Bonchev–Trinajstić information content (AvgIpc) is 2.83. The predicted octanol–water partition coefficient (Wildman–Crippen LogP) is 3.12. The number of nitrogens with one attached hydrogen (secondary N) is 1. The summed E-state index contributed by atoms with van der Waals surface area (Å²) >= 11 is 0. The summed E-state index contributed by atoms with van der Waals surface area (Å²) in [4.78, 5) is 4.78. The summed E-state index contributed by atoms with van der Waals surface area (Å²) in [5, 5.41) is 12.7. The number of rotatable bonds is 7. The van der Waals surface area contributed by atoms with E-state index in [0.717, 1.165) is 30.9 Å². The highest BCUT2D eigenvalue weighted by Crippen LogP contribution is 2.23. The van der Waals surface area contributed by atoms with Crippen molar-refractivity contribution in [1.82, 2.24) is 14.9 Å². The molecule has 0 saturated carbocycles. The molecule has 0 spiro atoms. The SMILES string of the molecule is CCn1c(C(C)NCC(C)(C)CCO)nc2ccccc21. The number of hydrogen-bond donors (Lipinski definition) is 2. The van der Waals surface area contributed by atoms with Crippen molar-refractivity contribution in [2.45, 2.75) is 46.7 Å². The number of aliphatic hydroxyl groups excluding tert-OH is 1. The topological polar surface area (TPSA) is 50.1 Å². The first-order chi connectivity index (χ1) is 9.98. The molecule has 0 radical (unpaired) electrons. The standard InChI is InChI=1S/C17H27N3O/c1-5-20-15-9-7-6-8-14(15)19-16(20)13(2)18-12-17(3,4)10-11-21/h6-9,13,18,21H,5,10-12H2,1-4H3. The number of nitrogens with zero attached hydrogens (tertiary/aromatic N) is 2. The number of benzene rings is 1. The highest BCUT2D eigenvalue weighted by molar-refractivity contribution is 5.76. The monoisotopic (exact) mass is 289 g/mol. The minimum atomic E-state index is 0.0894. The van der Waals surface area contributed by atoms with Crippen LogP contribution in [0.15, 0.2) is 24.3 Å². The highest BCUT2D eigenvalue weighted by atomic mass is 16.3. The molecular weight excluding hydrogens is 262 g/mol. The Morgan fingerprint density at radius 2 is 2.05 bits per heavy atom. The average molecular weight is 289 g/mol. The van der Waals surface area contributed by atoms with Crippen LogP contribution in [-0.2, 0) is 6.54 Å². The molecule has 0 amide bonds. The maximum absolute atomic E-state index is 9.12. The number of hydrogen-bond acceptors (Lipinski definition) is 3. The van der Waals surface area contributed by atoms with Crippen LogP contribution in [0.25, 0.3) is 11.0 Å². The molecule has 0 bridgehead atoms. The van der Waals surface area contributed by atoms with Crippen LogP contribution >= 0.6 is 0 Å². The summed E-state index contributed by atoms with van der Waals surface area (Å²) in [6, 6.07) is 8.46. The fourth-order valence-electron chi connectivity index (χ4n) is 2.67. The van der Waals surface area contributed by atoms with Crippen LogP contribution < -0.4 is 5.32 Å². The summed E-state index contributed by atoms with van der Waals surface area (Å²) in [5.41, 5.74) is 2.34. The van der Waals surface area contributed by atoms with Crippen LogP contribution in [0.4, 0.5) is 0 Å². The Kier molecular flexibility index (Phi) is 5.01. The van der Waals surface area contributed by atoms with Gasteiger partial charge in [0.05, 0.1) is 17.1 Å². The Balaban J connectivity index is 2.17. The van der Waals surface area contributed by atoms with Gasteiger partial charge in [-0.3, -0.25) is 0 Å². The van der Waals surface area contributed by atoms with Gasteiger partial charge in [0.15, 0.2) is 0 Å². The van der Waals surface area contributed by atoms with E-state index >= 15 is 0 Å². The number of aryl methyl sites for hydroxylation is 1. The summed E-state index contributed by atoms with van der Waals surface area (Å²) in [6.07, 6.45) is 0.802. The molecule has 2 rings (SSSR count). The molecule has 2 N–H and O–H groups in total. The number of aliphatic hydroxyl groups is 1. The predicted molar refractivity (Wildman–Crippen MR) is 87.3 cm³/mol. The molecule has 116 valence electrons. The Morgan fingerprint density at radius 3 is 2.71 bits per heavy atom. The lowest BCUT2D eigenvalue weighted by atomic mass is 9.89. The minimum absolute atomic E-state index is 0.0894. The Labute approximate surface area is 127 Å². The Morgan fingerprint density at radius 1 is 1.33 bits per heavy atom. The van der Waals surface area contributed by atoms with Crippen LogP contribution in [0.3, 0.4) is 0 Å². The summed E-state index contributed by atoms with van der Waals surface area (Å²) in [6.45, 7) is 10.7. The van der Waals surface area contributed by atoms with Crippen molar-refractivity contribution in [2.75, 3.05) is 13.2 Å². The summed E-state index contributed by atoms with van der Waals surface area (Å²) < 4.78 is 2.27. The molecule has 1 atom stereocenters.